The summed E-state index contributed by atoms with van der Waals surface area (Å²) in [6.45, 7) is 0. The lowest BCUT2D eigenvalue weighted by Gasteiger charge is -2.14. The molecule has 0 aromatic rings. The topological polar surface area (TPSA) is 89.5 Å². The number of sulfone groups is 1. The molecule has 1 N–H and O–H groups in total. The SMILES string of the molecule is COC(=O)CC1(CSCC(=O)NC2CCS(=O)(=O)C2)CC1. The van der Waals surface area contributed by atoms with E-state index in [9.17, 15) is 18.0 Å². The van der Waals surface area contributed by atoms with E-state index in [-0.39, 0.29) is 34.8 Å². The van der Waals surface area contributed by atoms with Gasteiger partial charge in [-0.1, -0.05) is 0 Å². The molecular weight excluding hydrogens is 314 g/mol. The molecule has 21 heavy (non-hydrogen) atoms. The van der Waals surface area contributed by atoms with Crippen LogP contribution in [0.2, 0.25) is 0 Å². The molecule has 8 heteroatoms. The number of carbonyl (C=O) groups is 2. The lowest BCUT2D eigenvalue weighted by atomic mass is 10.1. The fraction of sp³-hybridized carbons (Fsp3) is 0.846. The zero-order chi connectivity index (χ0) is 15.5. The lowest BCUT2D eigenvalue weighted by Crippen LogP contribution is -2.36. The summed E-state index contributed by atoms with van der Waals surface area (Å²) in [6, 6.07) is -0.243. The standard InChI is InChI=1S/C13H21NO5S2/c1-19-12(16)6-13(3-4-13)9-20-7-11(15)14-10-2-5-21(17,18)8-10/h10H,2-9H2,1H3,(H,14,15). The molecule has 2 aliphatic rings. The van der Waals surface area contributed by atoms with E-state index >= 15 is 0 Å². The predicted molar refractivity (Wildman–Crippen MR) is 80.8 cm³/mol. The minimum Gasteiger partial charge on any atom is -0.469 e. The Balaban J connectivity index is 1.65. The molecule has 1 saturated heterocycles. The Morgan fingerprint density at radius 1 is 1.38 bits per heavy atom. The van der Waals surface area contributed by atoms with Crippen molar-refractivity contribution in [1.82, 2.24) is 5.32 Å². The van der Waals surface area contributed by atoms with Crippen LogP contribution < -0.4 is 5.32 Å². The molecule has 1 atom stereocenters. The third-order valence-corrected chi connectivity index (χ3v) is 6.99. The van der Waals surface area contributed by atoms with Crippen molar-refractivity contribution in [1.29, 1.82) is 0 Å². The maximum Gasteiger partial charge on any atom is 0.306 e. The highest BCUT2D eigenvalue weighted by Gasteiger charge is 2.44. The summed E-state index contributed by atoms with van der Waals surface area (Å²) in [7, 11) is -1.58. The first-order valence-corrected chi connectivity index (χ1v) is 9.96. The van der Waals surface area contributed by atoms with Gasteiger partial charge in [-0.3, -0.25) is 9.59 Å². The largest absolute Gasteiger partial charge is 0.469 e. The number of carbonyl (C=O) groups excluding carboxylic acids is 2. The number of rotatable bonds is 7. The molecule has 2 rings (SSSR count). The van der Waals surface area contributed by atoms with Crippen LogP contribution in [0.25, 0.3) is 0 Å². The van der Waals surface area contributed by atoms with Crippen molar-refractivity contribution in [3.63, 3.8) is 0 Å². The van der Waals surface area contributed by atoms with Gasteiger partial charge in [-0.05, 0) is 30.4 Å². The van der Waals surface area contributed by atoms with Gasteiger partial charge < -0.3 is 10.1 Å². The molecule has 0 radical (unpaired) electrons. The highest BCUT2D eigenvalue weighted by Crippen LogP contribution is 2.51. The maximum absolute atomic E-state index is 11.8. The van der Waals surface area contributed by atoms with E-state index in [2.05, 4.69) is 10.1 Å². The molecule has 0 aromatic carbocycles. The van der Waals surface area contributed by atoms with E-state index in [0.717, 1.165) is 18.6 Å². The second-order valence-corrected chi connectivity index (χ2v) is 9.13. The molecule has 0 spiro atoms. The second-order valence-electron chi connectivity index (χ2n) is 5.91. The van der Waals surface area contributed by atoms with Gasteiger partial charge in [0, 0.05) is 6.04 Å². The van der Waals surface area contributed by atoms with E-state index < -0.39 is 9.84 Å². The van der Waals surface area contributed by atoms with Gasteiger partial charge in [-0.2, -0.15) is 11.8 Å². The number of esters is 1. The maximum atomic E-state index is 11.8. The Hall–Kier alpha value is -0.760. The van der Waals surface area contributed by atoms with Crippen LogP contribution in [0.5, 0.6) is 0 Å². The second kappa shape index (κ2) is 6.56. The Labute approximate surface area is 129 Å². The Bertz CT molecular complexity index is 513. The zero-order valence-electron chi connectivity index (χ0n) is 12.1. The van der Waals surface area contributed by atoms with Crippen LogP contribution in [0, 0.1) is 5.41 Å². The molecule has 1 aliphatic carbocycles. The normalized spacial score (nSPS) is 25.3. The van der Waals surface area contributed by atoms with Crippen molar-refractivity contribution in [3.8, 4) is 0 Å². The minimum atomic E-state index is -2.96. The van der Waals surface area contributed by atoms with Crippen LogP contribution in [-0.2, 0) is 24.2 Å². The van der Waals surface area contributed by atoms with Crippen LogP contribution in [0.4, 0.5) is 0 Å². The van der Waals surface area contributed by atoms with Gasteiger partial charge in [0.15, 0.2) is 9.84 Å². The molecule has 1 amide bonds. The molecule has 120 valence electrons. The van der Waals surface area contributed by atoms with Gasteiger partial charge in [-0.25, -0.2) is 8.42 Å². The van der Waals surface area contributed by atoms with E-state index in [1.807, 2.05) is 0 Å². The van der Waals surface area contributed by atoms with Gasteiger partial charge in [0.05, 0.1) is 30.8 Å². The summed E-state index contributed by atoms with van der Waals surface area (Å²) >= 11 is 1.50. The van der Waals surface area contributed by atoms with Gasteiger partial charge in [0.1, 0.15) is 0 Å². The predicted octanol–water partition coefficient (Wildman–Crippen LogP) is 0.366. The highest BCUT2D eigenvalue weighted by atomic mass is 32.2. The van der Waals surface area contributed by atoms with Crippen LogP contribution in [0.3, 0.4) is 0 Å². The number of thioether (sulfide) groups is 1. The molecule has 1 aliphatic heterocycles. The number of methoxy groups -OCH3 is 1. The third kappa shape index (κ3) is 5.18. The molecule has 0 bridgehead atoms. The van der Waals surface area contributed by atoms with Gasteiger partial charge >= 0.3 is 5.97 Å². The molecule has 1 saturated carbocycles. The van der Waals surface area contributed by atoms with E-state index in [0.29, 0.717) is 18.6 Å². The highest BCUT2D eigenvalue weighted by molar-refractivity contribution is 8.00. The zero-order valence-corrected chi connectivity index (χ0v) is 13.7. The summed E-state index contributed by atoms with van der Waals surface area (Å²) in [6.07, 6.45) is 2.92. The lowest BCUT2D eigenvalue weighted by molar-refractivity contribution is -0.141. The molecule has 1 unspecified atom stereocenters. The summed E-state index contributed by atoms with van der Waals surface area (Å²) in [5.41, 5.74) is 0.00867. The smallest absolute Gasteiger partial charge is 0.306 e. The van der Waals surface area contributed by atoms with Crippen molar-refractivity contribution in [2.75, 3.05) is 30.1 Å². The number of hydrogen-bond acceptors (Lipinski definition) is 6. The van der Waals surface area contributed by atoms with E-state index in [1.54, 1.807) is 0 Å². The molecule has 2 fully saturated rings. The number of amides is 1. The van der Waals surface area contributed by atoms with Crippen molar-refractivity contribution < 1.29 is 22.7 Å². The van der Waals surface area contributed by atoms with Crippen molar-refractivity contribution >= 4 is 33.5 Å². The number of hydrogen-bond donors (Lipinski definition) is 1. The number of ether oxygens (including phenoxy) is 1. The fourth-order valence-corrected chi connectivity index (χ4v) is 5.33. The van der Waals surface area contributed by atoms with Crippen LogP contribution in [-0.4, -0.2) is 56.5 Å². The first-order chi connectivity index (χ1) is 9.84. The summed E-state index contributed by atoms with van der Waals surface area (Å²) in [4.78, 5) is 23.1. The Morgan fingerprint density at radius 3 is 2.62 bits per heavy atom. The number of nitrogens with one attached hydrogen (secondary N) is 1. The molecule has 1 heterocycles. The first kappa shape index (κ1) is 16.6. The first-order valence-electron chi connectivity index (χ1n) is 6.99. The van der Waals surface area contributed by atoms with Crippen LogP contribution in [0.15, 0.2) is 0 Å². The van der Waals surface area contributed by atoms with Crippen LogP contribution in [0.1, 0.15) is 25.7 Å². The summed E-state index contributed by atoms with van der Waals surface area (Å²) < 4.78 is 27.3. The van der Waals surface area contributed by atoms with E-state index in [4.69, 9.17) is 0 Å². The van der Waals surface area contributed by atoms with Crippen LogP contribution >= 0.6 is 11.8 Å². The quantitative estimate of drug-likeness (QED) is 0.676. The average molecular weight is 335 g/mol. The van der Waals surface area contributed by atoms with Gasteiger partial charge in [-0.15, -0.1) is 0 Å². The molecule has 6 nitrogen and oxygen atoms in total. The molecular formula is C13H21NO5S2. The van der Waals surface area contributed by atoms with Crippen molar-refractivity contribution in [2.45, 2.75) is 31.7 Å². The monoisotopic (exact) mass is 335 g/mol. The third-order valence-electron chi connectivity index (χ3n) is 3.94. The van der Waals surface area contributed by atoms with Gasteiger partial charge in [0.25, 0.3) is 0 Å². The van der Waals surface area contributed by atoms with Gasteiger partial charge in [0.2, 0.25) is 5.91 Å². The van der Waals surface area contributed by atoms with Crippen molar-refractivity contribution in [2.24, 2.45) is 5.41 Å². The molecule has 0 aromatic heterocycles. The Morgan fingerprint density at radius 2 is 2.10 bits per heavy atom. The Kier molecular flexibility index (Phi) is 5.19. The summed E-state index contributed by atoms with van der Waals surface area (Å²) in [5.74, 6) is 0.950. The summed E-state index contributed by atoms with van der Waals surface area (Å²) in [5, 5.41) is 2.76. The fourth-order valence-electron chi connectivity index (χ4n) is 2.47. The van der Waals surface area contributed by atoms with E-state index in [1.165, 1.54) is 18.9 Å². The van der Waals surface area contributed by atoms with Crippen molar-refractivity contribution in [3.05, 3.63) is 0 Å². The average Bonchev–Trinajstić information content (AvgIpc) is 3.06. The minimum absolute atomic E-state index is 0.00867.